The molecule has 0 bridgehead atoms. The molecule has 14 heavy (non-hydrogen) atoms. The third-order valence-corrected chi connectivity index (χ3v) is 4.08. The van der Waals surface area contributed by atoms with E-state index in [2.05, 4.69) is 22.6 Å². The molecule has 0 fully saturated rings. The van der Waals surface area contributed by atoms with Gasteiger partial charge in [-0.1, -0.05) is 6.07 Å². The molecule has 0 atom stereocenters. The average molecular weight is 318 g/mol. The van der Waals surface area contributed by atoms with Crippen molar-refractivity contribution in [3.05, 3.63) is 32.2 Å². The maximum Gasteiger partial charge on any atom is 0.160 e. The van der Waals surface area contributed by atoms with Crippen LogP contribution in [0, 0.1) is 3.57 Å². The molecule has 1 aromatic carbocycles. The molecule has 1 heterocycles. The lowest BCUT2D eigenvalue weighted by Gasteiger charge is -1.97. The fourth-order valence-corrected chi connectivity index (χ4v) is 3.50. The molecule has 0 amide bonds. The smallest absolute Gasteiger partial charge is 0.160 e. The average Bonchev–Trinajstić information content (AvgIpc) is 2.56. The second-order valence-electron chi connectivity index (χ2n) is 2.83. The number of fused-ring (bicyclic) bond motifs is 1. The van der Waals surface area contributed by atoms with Gasteiger partial charge in [0.05, 0.1) is 11.5 Å². The van der Waals surface area contributed by atoms with Gasteiger partial charge in [-0.15, -0.1) is 11.3 Å². The van der Waals surface area contributed by atoms with Crippen molar-refractivity contribution in [2.45, 2.75) is 6.61 Å². The maximum atomic E-state index is 10.8. The number of aliphatic hydroxyl groups excluding tert-OH is 1. The summed E-state index contributed by atoms with van der Waals surface area (Å²) < 4.78 is 2.14. The summed E-state index contributed by atoms with van der Waals surface area (Å²) in [5, 5.41) is 10.2. The van der Waals surface area contributed by atoms with Crippen molar-refractivity contribution in [2.24, 2.45) is 0 Å². The molecule has 0 radical (unpaired) electrons. The quantitative estimate of drug-likeness (QED) is 0.683. The molecule has 2 aromatic rings. The van der Waals surface area contributed by atoms with Crippen molar-refractivity contribution in [3.8, 4) is 0 Å². The number of halogens is 1. The number of carbonyl (C=O) groups is 1. The Labute approximate surface area is 98.7 Å². The van der Waals surface area contributed by atoms with Crippen LogP contribution in [0.4, 0.5) is 0 Å². The predicted octanol–water partition coefficient (Wildman–Crippen LogP) is 2.81. The lowest BCUT2D eigenvalue weighted by molar-refractivity contribution is 0.112. The van der Waals surface area contributed by atoms with Gasteiger partial charge in [0.25, 0.3) is 0 Å². The third kappa shape index (κ3) is 1.47. The first-order valence-electron chi connectivity index (χ1n) is 4.04. The number of carbonyl (C=O) groups excluding carboxylic acids is 1. The standard InChI is InChI=1S/C10H7IO2S/c11-7-2-1-3-8-10(7)6(4-12)9(5-13)14-8/h1-3,5,12H,4H2. The first-order chi connectivity index (χ1) is 6.77. The Morgan fingerprint density at radius 1 is 1.50 bits per heavy atom. The van der Waals surface area contributed by atoms with E-state index in [-0.39, 0.29) is 6.61 Å². The molecule has 0 saturated heterocycles. The molecule has 1 aromatic heterocycles. The molecular formula is C10H7IO2S. The van der Waals surface area contributed by atoms with Gasteiger partial charge in [-0.25, -0.2) is 0 Å². The zero-order valence-corrected chi connectivity index (χ0v) is 10.1. The van der Waals surface area contributed by atoms with Gasteiger partial charge in [0, 0.05) is 19.2 Å². The largest absolute Gasteiger partial charge is 0.392 e. The number of hydrogen-bond donors (Lipinski definition) is 1. The Morgan fingerprint density at radius 3 is 2.93 bits per heavy atom. The molecule has 0 unspecified atom stereocenters. The molecular weight excluding hydrogens is 311 g/mol. The molecule has 0 aliphatic carbocycles. The molecule has 0 spiro atoms. The van der Waals surface area contributed by atoms with Crippen LogP contribution in [0.5, 0.6) is 0 Å². The Balaban J connectivity index is 2.88. The Kier molecular flexibility index (Phi) is 2.85. The number of benzene rings is 1. The summed E-state index contributed by atoms with van der Waals surface area (Å²) >= 11 is 3.65. The van der Waals surface area contributed by atoms with Crippen molar-refractivity contribution in [2.75, 3.05) is 0 Å². The second-order valence-corrected chi connectivity index (χ2v) is 5.08. The van der Waals surface area contributed by atoms with E-state index in [0.29, 0.717) is 4.88 Å². The Morgan fingerprint density at radius 2 is 2.29 bits per heavy atom. The second kappa shape index (κ2) is 3.96. The molecule has 0 saturated carbocycles. The van der Waals surface area contributed by atoms with Crippen LogP contribution < -0.4 is 0 Å². The Hall–Kier alpha value is -0.460. The minimum absolute atomic E-state index is 0.0753. The highest BCUT2D eigenvalue weighted by Crippen LogP contribution is 2.33. The van der Waals surface area contributed by atoms with Crippen LogP contribution >= 0.6 is 33.9 Å². The summed E-state index contributed by atoms with van der Waals surface area (Å²) in [6.45, 7) is -0.0753. The van der Waals surface area contributed by atoms with Crippen molar-refractivity contribution in [1.82, 2.24) is 0 Å². The summed E-state index contributed by atoms with van der Waals surface area (Å²) in [5.74, 6) is 0. The van der Waals surface area contributed by atoms with Gasteiger partial charge in [-0.05, 0) is 34.7 Å². The van der Waals surface area contributed by atoms with Crippen molar-refractivity contribution >= 4 is 50.3 Å². The van der Waals surface area contributed by atoms with E-state index in [1.165, 1.54) is 11.3 Å². The minimum Gasteiger partial charge on any atom is -0.392 e. The van der Waals surface area contributed by atoms with Crippen LogP contribution in [0.15, 0.2) is 18.2 Å². The van der Waals surface area contributed by atoms with E-state index in [9.17, 15) is 9.90 Å². The zero-order chi connectivity index (χ0) is 10.1. The highest BCUT2D eigenvalue weighted by Gasteiger charge is 2.12. The fraction of sp³-hybridized carbons (Fsp3) is 0.100. The molecule has 4 heteroatoms. The van der Waals surface area contributed by atoms with E-state index in [1.807, 2.05) is 18.2 Å². The van der Waals surface area contributed by atoms with Crippen LogP contribution in [-0.4, -0.2) is 11.4 Å². The van der Waals surface area contributed by atoms with Crippen LogP contribution in [0.2, 0.25) is 0 Å². The third-order valence-electron chi connectivity index (χ3n) is 2.06. The normalized spacial score (nSPS) is 10.7. The predicted molar refractivity (Wildman–Crippen MR) is 65.9 cm³/mol. The topological polar surface area (TPSA) is 37.3 Å². The van der Waals surface area contributed by atoms with Gasteiger partial charge in [0.2, 0.25) is 0 Å². The summed E-state index contributed by atoms with van der Waals surface area (Å²) in [4.78, 5) is 11.4. The molecule has 2 rings (SSSR count). The molecule has 0 aliphatic heterocycles. The first kappa shape index (κ1) is 10.1. The fourth-order valence-electron chi connectivity index (χ4n) is 1.44. The number of aliphatic hydroxyl groups is 1. The number of hydrogen-bond acceptors (Lipinski definition) is 3. The monoisotopic (exact) mass is 318 g/mol. The highest BCUT2D eigenvalue weighted by atomic mass is 127. The van der Waals surface area contributed by atoms with Crippen molar-refractivity contribution < 1.29 is 9.90 Å². The van der Waals surface area contributed by atoms with Crippen molar-refractivity contribution in [3.63, 3.8) is 0 Å². The van der Waals surface area contributed by atoms with Crippen LogP contribution in [0.25, 0.3) is 10.1 Å². The molecule has 72 valence electrons. The molecule has 2 nitrogen and oxygen atoms in total. The summed E-state index contributed by atoms with van der Waals surface area (Å²) in [7, 11) is 0. The van der Waals surface area contributed by atoms with Gasteiger partial charge in [0.1, 0.15) is 0 Å². The Bertz CT molecular complexity index is 490. The maximum absolute atomic E-state index is 10.8. The van der Waals surface area contributed by atoms with Crippen LogP contribution in [0.1, 0.15) is 15.2 Å². The van der Waals surface area contributed by atoms with Crippen LogP contribution in [-0.2, 0) is 6.61 Å². The highest BCUT2D eigenvalue weighted by molar-refractivity contribution is 14.1. The van der Waals surface area contributed by atoms with Gasteiger partial charge < -0.3 is 5.11 Å². The number of thiophene rings is 1. The van der Waals surface area contributed by atoms with E-state index in [4.69, 9.17) is 0 Å². The minimum atomic E-state index is -0.0753. The molecule has 1 N–H and O–H groups in total. The van der Waals surface area contributed by atoms with Gasteiger partial charge in [0.15, 0.2) is 6.29 Å². The lowest BCUT2D eigenvalue weighted by Crippen LogP contribution is -1.87. The summed E-state index contributed by atoms with van der Waals surface area (Å²) in [6.07, 6.45) is 0.812. The van der Waals surface area contributed by atoms with E-state index < -0.39 is 0 Å². The van der Waals surface area contributed by atoms with Crippen molar-refractivity contribution in [1.29, 1.82) is 0 Å². The summed E-state index contributed by atoms with van der Waals surface area (Å²) in [6, 6.07) is 5.90. The van der Waals surface area contributed by atoms with Gasteiger partial charge in [-0.3, -0.25) is 4.79 Å². The number of rotatable bonds is 2. The molecule has 0 aliphatic rings. The summed E-state index contributed by atoms with van der Waals surface area (Å²) in [5.41, 5.74) is 0.755. The SMILES string of the molecule is O=Cc1sc2cccc(I)c2c1CO. The lowest BCUT2D eigenvalue weighted by atomic mass is 10.1. The number of aldehydes is 1. The first-order valence-corrected chi connectivity index (χ1v) is 5.93. The zero-order valence-electron chi connectivity index (χ0n) is 7.16. The van der Waals surface area contributed by atoms with Crippen LogP contribution in [0.3, 0.4) is 0 Å². The van der Waals surface area contributed by atoms with E-state index in [1.54, 1.807) is 0 Å². The van der Waals surface area contributed by atoms with E-state index in [0.717, 1.165) is 25.5 Å². The van der Waals surface area contributed by atoms with E-state index >= 15 is 0 Å². The van der Waals surface area contributed by atoms with Gasteiger partial charge >= 0.3 is 0 Å². The van der Waals surface area contributed by atoms with Gasteiger partial charge in [-0.2, -0.15) is 0 Å².